The van der Waals surface area contributed by atoms with Crippen LogP contribution in [0.4, 0.5) is 0 Å². The van der Waals surface area contributed by atoms with Crippen molar-refractivity contribution in [3.8, 4) is 0 Å². The highest BCUT2D eigenvalue weighted by Crippen LogP contribution is 2.76. The molecule has 3 heterocycles. The van der Waals surface area contributed by atoms with E-state index in [9.17, 15) is 24.9 Å². The normalized spacial score (nSPS) is 60.8. The van der Waals surface area contributed by atoms with Crippen molar-refractivity contribution in [3.63, 3.8) is 0 Å². The van der Waals surface area contributed by atoms with Crippen molar-refractivity contribution in [1.29, 1.82) is 0 Å². The molecule has 28 heavy (non-hydrogen) atoms. The number of carbonyl (C=O) groups excluding carboxylic acids is 2. The number of ether oxygens (including phenoxy) is 1. The minimum Gasteiger partial charge on any atom is -0.390 e. The fourth-order valence-electron chi connectivity index (χ4n) is 7.62. The molecule has 3 saturated heterocycles. The summed E-state index contributed by atoms with van der Waals surface area (Å²) in [6.07, 6.45) is 3.07. The Kier molecular flexibility index (Phi) is 2.74. The lowest BCUT2D eigenvalue weighted by molar-refractivity contribution is -0.438. The van der Waals surface area contributed by atoms with Crippen molar-refractivity contribution >= 4 is 11.8 Å². The van der Waals surface area contributed by atoms with Crippen LogP contribution in [0.5, 0.6) is 0 Å². The van der Waals surface area contributed by atoms with Crippen LogP contribution < -0.4 is 0 Å². The molecule has 5 fully saturated rings. The molecule has 150 valence electrons. The van der Waals surface area contributed by atoms with Crippen LogP contribution in [-0.4, -0.2) is 56.3 Å². The van der Waals surface area contributed by atoms with E-state index in [0.717, 1.165) is 0 Å². The highest BCUT2D eigenvalue weighted by atomic mass is 17.3. The molecule has 6 aliphatic rings. The van der Waals surface area contributed by atoms with Gasteiger partial charge in [0.1, 0.15) is 5.60 Å². The molecular formula is C20H22O8. The minimum atomic E-state index is -1.66. The van der Waals surface area contributed by atoms with E-state index in [1.165, 1.54) is 12.2 Å². The summed E-state index contributed by atoms with van der Waals surface area (Å²) >= 11 is 0. The quantitative estimate of drug-likeness (QED) is 0.491. The first kappa shape index (κ1) is 17.3. The van der Waals surface area contributed by atoms with Gasteiger partial charge in [-0.2, -0.15) is 4.89 Å². The van der Waals surface area contributed by atoms with Gasteiger partial charge >= 0.3 is 5.97 Å². The van der Waals surface area contributed by atoms with Gasteiger partial charge in [0.15, 0.2) is 11.6 Å². The Morgan fingerprint density at radius 2 is 1.86 bits per heavy atom. The molecule has 3 N–H and O–H groups in total. The van der Waals surface area contributed by atoms with E-state index >= 15 is 0 Å². The van der Waals surface area contributed by atoms with Crippen LogP contribution in [0.15, 0.2) is 23.8 Å². The van der Waals surface area contributed by atoms with Crippen molar-refractivity contribution in [2.24, 2.45) is 22.7 Å². The Morgan fingerprint density at radius 1 is 1.11 bits per heavy atom. The fraction of sp³-hybridized carbons (Fsp3) is 0.700. The van der Waals surface area contributed by atoms with Crippen molar-refractivity contribution in [3.05, 3.63) is 23.8 Å². The predicted molar refractivity (Wildman–Crippen MR) is 90.0 cm³/mol. The standard InChI is InChI=1S/C20H22O8/c1-16-4-3-9(21)5-12(16)18(25)7-11-10-6-13(22)20(15(24)26-28-20)17(10,2)8-14(23)19(11,16)27-18/h3-5,10-11,13-14,22-23,25H,6-8H2,1-2H3/t10?,11?,13-,14+,16?,17?,18+,19+,20+/m1/s1. The molecule has 0 aromatic carbocycles. The molecular weight excluding hydrogens is 368 g/mol. The van der Waals surface area contributed by atoms with Crippen LogP contribution in [0.25, 0.3) is 0 Å². The van der Waals surface area contributed by atoms with Crippen LogP contribution in [0.3, 0.4) is 0 Å². The summed E-state index contributed by atoms with van der Waals surface area (Å²) in [5.74, 6) is -3.07. The van der Waals surface area contributed by atoms with Crippen LogP contribution in [0.1, 0.15) is 33.1 Å². The number of aliphatic hydroxyl groups is 3. The number of aliphatic hydroxyl groups excluding tert-OH is 2. The van der Waals surface area contributed by atoms with Gasteiger partial charge in [-0.05, 0) is 37.8 Å². The first-order valence-corrected chi connectivity index (χ1v) is 9.70. The number of hydrogen-bond acceptors (Lipinski definition) is 8. The summed E-state index contributed by atoms with van der Waals surface area (Å²) in [4.78, 5) is 34.1. The molecule has 2 spiro atoms. The SMILES string of the molecule is CC12C[C@H](O)[C@@]34O[C@@](O)(CC3C1C[C@@H](O)[C@@]21OOC1=O)C1=CC(=O)C=CC14C. The van der Waals surface area contributed by atoms with Gasteiger partial charge in [0.2, 0.25) is 5.60 Å². The van der Waals surface area contributed by atoms with E-state index in [0.29, 0.717) is 5.57 Å². The van der Waals surface area contributed by atoms with Crippen molar-refractivity contribution < 1.29 is 39.4 Å². The smallest absolute Gasteiger partial charge is 0.381 e. The molecule has 2 bridgehead atoms. The van der Waals surface area contributed by atoms with Crippen LogP contribution in [0.2, 0.25) is 0 Å². The lowest BCUT2D eigenvalue weighted by Crippen LogP contribution is -2.72. The Bertz CT molecular complexity index is 910. The molecule has 3 aliphatic carbocycles. The zero-order valence-corrected chi connectivity index (χ0v) is 15.5. The summed E-state index contributed by atoms with van der Waals surface area (Å²) in [7, 11) is 0. The first-order chi connectivity index (χ1) is 13.1. The second-order valence-electron chi connectivity index (χ2n) is 9.67. The number of ketones is 1. The summed E-state index contributed by atoms with van der Waals surface area (Å²) in [5.41, 5.74) is -3.90. The predicted octanol–water partition coefficient (Wildman–Crippen LogP) is -0.0856. The summed E-state index contributed by atoms with van der Waals surface area (Å²) in [5, 5.41) is 33.5. The van der Waals surface area contributed by atoms with Gasteiger partial charge in [-0.3, -0.25) is 9.68 Å². The second-order valence-corrected chi connectivity index (χ2v) is 9.67. The molecule has 0 radical (unpaired) electrons. The van der Waals surface area contributed by atoms with Gasteiger partial charge in [0.25, 0.3) is 0 Å². The number of fused-ring (bicyclic) bond motifs is 6. The van der Waals surface area contributed by atoms with E-state index in [-0.39, 0.29) is 36.9 Å². The maximum atomic E-state index is 12.3. The second kappa shape index (κ2) is 4.44. The Morgan fingerprint density at radius 3 is 2.50 bits per heavy atom. The molecule has 9 atom stereocenters. The van der Waals surface area contributed by atoms with E-state index in [1.807, 2.05) is 13.8 Å². The van der Waals surface area contributed by atoms with Crippen LogP contribution in [0, 0.1) is 22.7 Å². The summed E-state index contributed by atoms with van der Waals surface area (Å²) < 4.78 is 6.19. The molecule has 3 aliphatic heterocycles. The van der Waals surface area contributed by atoms with Gasteiger partial charge < -0.3 is 20.1 Å². The Balaban J connectivity index is 1.53. The topological polar surface area (TPSA) is 123 Å². The number of rotatable bonds is 0. The van der Waals surface area contributed by atoms with Crippen LogP contribution >= 0.6 is 0 Å². The summed E-state index contributed by atoms with van der Waals surface area (Å²) in [6.45, 7) is 3.70. The Labute approximate surface area is 160 Å². The van der Waals surface area contributed by atoms with Gasteiger partial charge in [-0.1, -0.05) is 13.0 Å². The largest absolute Gasteiger partial charge is 0.390 e. The molecule has 4 unspecified atom stereocenters. The van der Waals surface area contributed by atoms with E-state index < -0.39 is 46.0 Å². The molecule has 0 aromatic heterocycles. The van der Waals surface area contributed by atoms with Gasteiger partial charge in [0, 0.05) is 28.7 Å². The highest BCUT2D eigenvalue weighted by Gasteiger charge is 2.86. The fourth-order valence-corrected chi connectivity index (χ4v) is 7.62. The zero-order chi connectivity index (χ0) is 19.9. The molecule has 2 saturated carbocycles. The Hall–Kier alpha value is -1.58. The minimum absolute atomic E-state index is 0.140. The van der Waals surface area contributed by atoms with Gasteiger partial charge in [0.05, 0.1) is 12.2 Å². The third-order valence-corrected chi connectivity index (χ3v) is 8.81. The number of hydrogen-bond donors (Lipinski definition) is 3. The van der Waals surface area contributed by atoms with Crippen molar-refractivity contribution in [2.75, 3.05) is 0 Å². The van der Waals surface area contributed by atoms with Gasteiger partial charge in [-0.25, -0.2) is 4.79 Å². The van der Waals surface area contributed by atoms with Gasteiger partial charge in [-0.15, -0.1) is 0 Å². The molecule has 8 nitrogen and oxygen atoms in total. The van der Waals surface area contributed by atoms with Crippen molar-refractivity contribution in [1.82, 2.24) is 0 Å². The lowest BCUT2D eigenvalue weighted by atomic mass is 9.45. The average molecular weight is 390 g/mol. The van der Waals surface area contributed by atoms with E-state index in [1.54, 1.807) is 6.08 Å². The number of allylic oxidation sites excluding steroid dienone is 2. The highest BCUT2D eigenvalue weighted by molar-refractivity contribution is 6.01. The zero-order valence-electron chi connectivity index (χ0n) is 15.5. The maximum absolute atomic E-state index is 12.3. The van der Waals surface area contributed by atoms with Crippen molar-refractivity contribution in [2.45, 2.75) is 62.3 Å². The maximum Gasteiger partial charge on any atom is 0.381 e. The van der Waals surface area contributed by atoms with E-state index in [2.05, 4.69) is 4.89 Å². The van der Waals surface area contributed by atoms with Crippen LogP contribution in [-0.2, 0) is 24.1 Å². The molecule has 6 rings (SSSR count). The monoisotopic (exact) mass is 390 g/mol. The van der Waals surface area contributed by atoms with E-state index in [4.69, 9.17) is 9.62 Å². The molecule has 8 heteroatoms. The number of carbonyl (C=O) groups is 2. The summed E-state index contributed by atoms with van der Waals surface area (Å²) in [6, 6.07) is 0. The molecule has 0 aromatic rings. The lowest BCUT2D eigenvalue weighted by Gasteiger charge is -2.60. The third kappa shape index (κ3) is 1.38. The molecule has 0 amide bonds. The third-order valence-electron chi connectivity index (χ3n) is 8.81. The first-order valence-electron chi connectivity index (χ1n) is 9.70. The average Bonchev–Trinajstić information content (AvgIpc) is 3.14.